The lowest BCUT2D eigenvalue weighted by molar-refractivity contribution is 0.0697. The largest absolute Gasteiger partial charge is 0.478 e. The zero-order valence-electron chi connectivity index (χ0n) is 21.5. The molecule has 0 spiro atoms. The summed E-state index contributed by atoms with van der Waals surface area (Å²) >= 11 is 0. The maximum absolute atomic E-state index is 14.1. The van der Waals surface area contributed by atoms with E-state index in [0.717, 1.165) is 16.9 Å². The number of ether oxygens (including phenoxy) is 2. The van der Waals surface area contributed by atoms with Gasteiger partial charge in [0.2, 0.25) is 5.88 Å². The highest BCUT2D eigenvalue weighted by Gasteiger charge is 2.15. The zero-order chi connectivity index (χ0) is 27.4. The maximum atomic E-state index is 14.1. The highest BCUT2D eigenvalue weighted by molar-refractivity contribution is 5.92. The number of aromatic carboxylic acids is 1. The molecule has 3 aromatic heterocycles. The summed E-state index contributed by atoms with van der Waals surface area (Å²) in [5, 5.41) is 9.39. The minimum atomic E-state index is -0.996. The first-order valence-corrected chi connectivity index (χ1v) is 12.3. The molecule has 0 unspecified atom stereocenters. The first kappa shape index (κ1) is 25.9. The monoisotopic (exact) mass is 527 g/mol. The second-order valence-corrected chi connectivity index (χ2v) is 9.00. The molecule has 2 aromatic carbocycles. The van der Waals surface area contributed by atoms with Crippen molar-refractivity contribution in [2.45, 2.75) is 26.5 Å². The summed E-state index contributed by atoms with van der Waals surface area (Å²) in [7, 11) is 1.61. The Morgan fingerprint density at radius 3 is 2.64 bits per heavy atom. The summed E-state index contributed by atoms with van der Waals surface area (Å²) in [6, 6.07) is 15.2. The lowest BCUT2D eigenvalue weighted by Gasteiger charge is -2.10. The summed E-state index contributed by atoms with van der Waals surface area (Å²) in [6.07, 6.45) is 3.69. The molecule has 9 nitrogen and oxygen atoms in total. The van der Waals surface area contributed by atoms with Gasteiger partial charge in [-0.3, -0.25) is 9.97 Å². The number of aromatic nitrogens is 5. The molecule has 0 bridgehead atoms. The molecular formula is C29H26FN5O4. The summed E-state index contributed by atoms with van der Waals surface area (Å²) in [6.45, 7) is 2.85. The molecule has 10 heteroatoms. The Balaban J connectivity index is 1.33. The van der Waals surface area contributed by atoms with Crippen LogP contribution in [0.4, 0.5) is 4.39 Å². The molecule has 0 radical (unpaired) electrons. The van der Waals surface area contributed by atoms with Gasteiger partial charge < -0.3 is 19.1 Å². The number of methoxy groups -OCH3 is 1. The fourth-order valence-electron chi connectivity index (χ4n) is 4.17. The number of carboxylic acids is 1. The number of aryl methyl sites for hydroxylation is 1. The third kappa shape index (κ3) is 5.91. The molecule has 3 heterocycles. The van der Waals surface area contributed by atoms with Gasteiger partial charge in [0.1, 0.15) is 23.9 Å². The van der Waals surface area contributed by atoms with Crippen LogP contribution < -0.4 is 4.74 Å². The van der Waals surface area contributed by atoms with Gasteiger partial charge in [-0.05, 0) is 42.8 Å². The molecule has 0 atom stereocenters. The fourth-order valence-corrected chi connectivity index (χ4v) is 4.17. The first-order chi connectivity index (χ1) is 18.9. The summed E-state index contributed by atoms with van der Waals surface area (Å²) in [5.41, 5.74) is 4.73. The van der Waals surface area contributed by atoms with Crippen LogP contribution >= 0.6 is 0 Å². The van der Waals surface area contributed by atoms with E-state index in [1.165, 1.54) is 6.07 Å². The highest BCUT2D eigenvalue weighted by Crippen LogP contribution is 2.22. The standard InChI is InChI=1S/C29H26FN5O4/c1-18-6-7-20(22(30)12-18)17-39-28-5-3-4-23(34-28)25-16-31-21(15-32-25)14-27-33-24-9-8-19(29(36)37)13-26(24)35(27)10-11-38-2/h3-9,12-13,15-16H,10-11,14,17H2,1-2H3,(H,36,37). The van der Waals surface area contributed by atoms with Crippen molar-refractivity contribution < 1.29 is 23.8 Å². The maximum Gasteiger partial charge on any atom is 0.335 e. The van der Waals surface area contributed by atoms with Crippen molar-refractivity contribution in [1.82, 2.24) is 24.5 Å². The average Bonchev–Trinajstić information content (AvgIpc) is 3.27. The second kappa shape index (κ2) is 11.4. The van der Waals surface area contributed by atoms with E-state index in [9.17, 15) is 14.3 Å². The molecule has 1 N–H and O–H groups in total. The quantitative estimate of drug-likeness (QED) is 0.274. The van der Waals surface area contributed by atoms with Crippen molar-refractivity contribution in [2.75, 3.05) is 13.7 Å². The molecule has 0 aliphatic carbocycles. The lowest BCUT2D eigenvalue weighted by Crippen LogP contribution is -2.10. The number of pyridine rings is 1. The molecule has 0 fully saturated rings. The van der Waals surface area contributed by atoms with Gasteiger partial charge in [0, 0.05) is 37.9 Å². The third-order valence-corrected chi connectivity index (χ3v) is 6.21. The molecule has 39 heavy (non-hydrogen) atoms. The normalized spacial score (nSPS) is 11.2. The third-order valence-electron chi connectivity index (χ3n) is 6.21. The van der Waals surface area contributed by atoms with Gasteiger partial charge in [-0.15, -0.1) is 0 Å². The summed E-state index contributed by atoms with van der Waals surface area (Å²) < 4.78 is 27.0. The molecule has 0 saturated heterocycles. The average molecular weight is 528 g/mol. The number of carboxylic acid groups (broad SMARTS) is 1. The van der Waals surface area contributed by atoms with E-state index in [0.29, 0.717) is 53.6 Å². The number of halogens is 1. The van der Waals surface area contributed by atoms with Gasteiger partial charge in [0.25, 0.3) is 0 Å². The van der Waals surface area contributed by atoms with Crippen molar-refractivity contribution in [1.29, 1.82) is 0 Å². The minimum Gasteiger partial charge on any atom is -0.478 e. The Labute approximate surface area is 223 Å². The highest BCUT2D eigenvalue weighted by atomic mass is 19.1. The number of hydrogen-bond donors (Lipinski definition) is 1. The zero-order valence-corrected chi connectivity index (χ0v) is 21.5. The number of nitrogens with zero attached hydrogens (tertiary/aromatic N) is 5. The number of imidazole rings is 1. The van der Waals surface area contributed by atoms with Crippen LogP contribution in [-0.4, -0.2) is 49.3 Å². The smallest absolute Gasteiger partial charge is 0.335 e. The fraction of sp³-hybridized carbons (Fsp3) is 0.207. The van der Waals surface area contributed by atoms with Crippen molar-refractivity contribution in [2.24, 2.45) is 0 Å². The Kier molecular flexibility index (Phi) is 7.55. The van der Waals surface area contributed by atoms with Crippen LogP contribution in [0.5, 0.6) is 5.88 Å². The summed E-state index contributed by atoms with van der Waals surface area (Å²) in [4.78, 5) is 29.7. The first-order valence-electron chi connectivity index (χ1n) is 12.3. The van der Waals surface area contributed by atoms with Gasteiger partial charge >= 0.3 is 5.97 Å². The Hall–Kier alpha value is -4.70. The predicted octanol–water partition coefficient (Wildman–Crippen LogP) is 4.85. The Morgan fingerprint density at radius 1 is 1.03 bits per heavy atom. The lowest BCUT2D eigenvalue weighted by atomic mass is 10.1. The van der Waals surface area contributed by atoms with E-state index in [4.69, 9.17) is 14.5 Å². The second-order valence-electron chi connectivity index (χ2n) is 9.00. The van der Waals surface area contributed by atoms with Gasteiger partial charge in [-0.25, -0.2) is 19.2 Å². The van der Waals surface area contributed by atoms with Gasteiger partial charge in [0.05, 0.1) is 40.8 Å². The number of carbonyl (C=O) groups is 1. The van der Waals surface area contributed by atoms with Crippen LogP contribution in [0.2, 0.25) is 0 Å². The van der Waals surface area contributed by atoms with Crippen molar-refractivity contribution in [3.63, 3.8) is 0 Å². The van der Waals surface area contributed by atoms with Gasteiger partial charge in [0.15, 0.2) is 0 Å². The molecule has 5 rings (SSSR count). The molecule has 0 amide bonds. The van der Waals surface area contributed by atoms with E-state index in [2.05, 4.69) is 15.0 Å². The molecule has 0 saturated carbocycles. The molecule has 0 aliphatic heterocycles. The SMILES string of the molecule is COCCn1c(Cc2cnc(-c3cccc(OCc4ccc(C)cc4F)n3)cn2)nc2ccc(C(=O)O)cc21. The molecule has 0 aliphatic rings. The van der Waals surface area contributed by atoms with Gasteiger partial charge in [-0.2, -0.15) is 0 Å². The topological polar surface area (TPSA) is 112 Å². The molecule has 5 aromatic rings. The van der Waals surface area contributed by atoms with Crippen molar-refractivity contribution >= 4 is 17.0 Å². The van der Waals surface area contributed by atoms with E-state index in [1.807, 2.05) is 17.6 Å². The van der Waals surface area contributed by atoms with E-state index >= 15 is 0 Å². The van der Waals surface area contributed by atoms with Gasteiger partial charge in [-0.1, -0.05) is 18.2 Å². The van der Waals surface area contributed by atoms with Crippen molar-refractivity contribution in [3.8, 4) is 17.3 Å². The number of fused-ring (bicyclic) bond motifs is 1. The van der Waals surface area contributed by atoms with Crippen LogP contribution in [0.15, 0.2) is 67.0 Å². The Morgan fingerprint density at radius 2 is 1.90 bits per heavy atom. The van der Waals surface area contributed by atoms with E-state index in [-0.39, 0.29) is 18.0 Å². The minimum absolute atomic E-state index is 0.0607. The number of rotatable bonds is 10. The molecular weight excluding hydrogens is 501 g/mol. The Bertz CT molecular complexity index is 1640. The van der Waals surface area contributed by atoms with E-state index < -0.39 is 5.97 Å². The predicted molar refractivity (Wildman–Crippen MR) is 142 cm³/mol. The van der Waals surface area contributed by atoms with E-state index in [1.54, 1.807) is 62.0 Å². The number of benzene rings is 2. The van der Waals surface area contributed by atoms with Crippen LogP contribution in [0.3, 0.4) is 0 Å². The van der Waals surface area contributed by atoms with Crippen LogP contribution in [0.1, 0.15) is 33.0 Å². The van der Waals surface area contributed by atoms with Crippen LogP contribution in [0.25, 0.3) is 22.4 Å². The summed E-state index contributed by atoms with van der Waals surface area (Å²) in [5.74, 6) is -0.232. The van der Waals surface area contributed by atoms with Crippen LogP contribution in [-0.2, 0) is 24.3 Å². The number of hydrogen-bond acceptors (Lipinski definition) is 7. The molecule has 198 valence electrons. The van der Waals surface area contributed by atoms with Crippen LogP contribution in [0, 0.1) is 12.7 Å². The van der Waals surface area contributed by atoms with Crippen molar-refractivity contribution in [3.05, 3.63) is 101 Å².